The number of amides is 1. The third kappa shape index (κ3) is 3.63. The maximum absolute atomic E-state index is 12.2. The van der Waals surface area contributed by atoms with E-state index in [2.05, 4.69) is 18.8 Å². The lowest BCUT2D eigenvalue weighted by atomic mass is 9.89. The quantitative estimate of drug-likeness (QED) is 0.932. The van der Waals surface area contributed by atoms with E-state index in [-0.39, 0.29) is 5.91 Å². The second-order valence-electron chi connectivity index (χ2n) is 5.81. The van der Waals surface area contributed by atoms with Crippen molar-refractivity contribution < 1.29 is 4.79 Å². The molecule has 1 aliphatic rings. The number of rotatable bonds is 3. The molecule has 2 rings (SSSR count). The van der Waals surface area contributed by atoms with Crippen LogP contribution in [0, 0.1) is 11.8 Å². The number of carbonyl (C=O) groups excluding carboxylic acids is 1. The maximum atomic E-state index is 12.2. The van der Waals surface area contributed by atoms with Crippen molar-refractivity contribution in [3.05, 3.63) is 22.8 Å². The first kappa shape index (κ1) is 15.1. The molecular weight excluding hydrogens is 274 g/mol. The van der Waals surface area contributed by atoms with Gasteiger partial charge >= 0.3 is 0 Å². The van der Waals surface area contributed by atoms with Gasteiger partial charge in [0, 0.05) is 13.0 Å². The third-order valence-electron chi connectivity index (χ3n) is 4.08. The summed E-state index contributed by atoms with van der Waals surface area (Å²) in [6, 6.07) is 3.41. The number of aromatic nitrogens is 1. The number of nitrogens with zero attached hydrogens (tertiary/aromatic N) is 2. The highest BCUT2D eigenvalue weighted by Gasteiger charge is 2.25. The molecular formula is C15H22ClN3O. The number of anilines is 1. The molecule has 110 valence electrons. The number of hydrogen-bond donors (Lipinski definition) is 1. The van der Waals surface area contributed by atoms with Gasteiger partial charge in [0.05, 0.1) is 17.3 Å². The minimum absolute atomic E-state index is 0.188. The average molecular weight is 296 g/mol. The molecule has 4 nitrogen and oxygen atoms in total. The van der Waals surface area contributed by atoms with Crippen molar-refractivity contribution in [1.29, 1.82) is 0 Å². The first-order chi connectivity index (χ1) is 9.47. The van der Waals surface area contributed by atoms with Gasteiger partial charge in [0.1, 0.15) is 5.82 Å². The van der Waals surface area contributed by atoms with Gasteiger partial charge < -0.3 is 10.6 Å². The molecule has 0 radical (unpaired) electrons. The van der Waals surface area contributed by atoms with E-state index in [0.717, 1.165) is 19.4 Å². The lowest BCUT2D eigenvalue weighted by Crippen LogP contribution is -2.30. The number of halogens is 1. The number of pyridine rings is 1. The molecule has 0 spiro atoms. The minimum Gasteiger partial charge on any atom is -0.384 e. The first-order valence-corrected chi connectivity index (χ1v) is 7.54. The van der Waals surface area contributed by atoms with Gasteiger partial charge in [-0.15, -0.1) is 0 Å². The van der Waals surface area contributed by atoms with Crippen LogP contribution in [0.15, 0.2) is 12.1 Å². The van der Waals surface area contributed by atoms with E-state index in [0.29, 0.717) is 41.3 Å². The molecule has 1 amide bonds. The molecule has 1 aromatic rings. The summed E-state index contributed by atoms with van der Waals surface area (Å²) in [6.07, 6.45) is 2.64. The van der Waals surface area contributed by atoms with Crippen LogP contribution in [0.2, 0.25) is 5.02 Å². The van der Waals surface area contributed by atoms with Crippen LogP contribution in [0.4, 0.5) is 5.82 Å². The predicted octanol–water partition coefficient (Wildman–Crippen LogP) is 3.10. The number of nitrogens with two attached hydrogens (primary N) is 1. The Hall–Kier alpha value is -1.29. The molecule has 2 heterocycles. The zero-order valence-electron chi connectivity index (χ0n) is 12.1. The van der Waals surface area contributed by atoms with Gasteiger partial charge in [0.15, 0.2) is 0 Å². The van der Waals surface area contributed by atoms with Crippen LogP contribution in [0.3, 0.4) is 0 Å². The van der Waals surface area contributed by atoms with Crippen LogP contribution in [-0.2, 0) is 11.3 Å². The molecule has 1 saturated heterocycles. The summed E-state index contributed by atoms with van der Waals surface area (Å²) >= 11 is 6.13. The zero-order chi connectivity index (χ0) is 14.7. The molecule has 1 atom stereocenters. The van der Waals surface area contributed by atoms with E-state index in [4.69, 9.17) is 17.3 Å². The second kappa shape index (κ2) is 6.44. The van der Waals surface area contributed by atoms with Crippen LogP contribution in [0.1, 0.15) is 38.8 Å². The molecule has 0 saturated carbocycles. The molecule has 1 aliphatic heterocycles. The van der Waals surface area contributed by atoms with Gasteiger partial charge in [-0.3, -0.25) is 4.79 Å². The Bertz CT molecular complexity index is 490. The van der Waals surface area contributed by atoms with Crippen molar-refractivity contribution in [2.75, 3.05) is 12.3 Å². The Kier molecular flexibility index (Phi) is 4.86. The largest absolute Gasteiger partial charge is 0.384 e. The molecule has 0 aromatic carbocycles. The highest BCUT2D eigenvalue weighted by molar-refractivity contribution is 6.31. The minimum atomic E-state index is 0.188. The molecule has 0 aliphatic carbocycles. The first-order valence-electron chi connectivity index (χ1n) is 7.16. The van der Waals surface area contributed by atoms with E-state index >= 15 is 0 Å². The third-order valence-corrected chi connectivity index (χ3v) is 4.42. The number of carbonyl (C=O) groups is 1. The van der Waals surface area contributed by atoms with E-state index in [9.17, 15) is 4.79 Å². The molecule has 5 heteroatoms. The Morgan fingerprint density at radius 1 is 1.45 bits per heavy atom. The maximum Gasteiger partial charge on any atom is 0.222 e. The van der Waals surface area contributed by atoms with Gasteiger partial charge in [-0.2, -0.15) is 0 Å². The highest BCUT2D eigenvalue weighted by atomic mass is 35.5. The highest BCUT2D eigenvalue weighted by Crippen LogP contribution is 2.26. The Morgan fingerprint density at radius 3 is 2.90 bits per heavy atom. The van der Waals surface area contributed by atoms with Crippen molar-refractivity contribution in [3.8, 4) is 0 Å². The molecule has 2 N–H and O–H groups in total. The Morgan fingerprint density at radius 2 is 2.20 bits per heavy atom. The Balaban J connectivity index is 2.08. The SMILES string of the molecule is CC(C)C1CCC(=O)N(Cc2nc(N)ccc2Cl)CC1. The van der Waals surface area contributed by atoms with Gasteiger partial charge in [-0.25, -0.2) is 4.98 Å². The summed E-state index contributed by atoms with van der Waals surface area (Å²) in [5.41, 5.74) is 6.37. The smallest absolute Gasteiger partial charge is 0.222 e. The Labute approximate surface area is 125 Å². The summed E-state index contributed by atoms with van der Waals surface area (Å²) in [4.78, 5) is 18.3. The molecule has 1 unspecified atom stereocenters. The van der Waals surface area contributed by atoms with Crippen LogP contribution in [0.5, 0.6) is 0 Å². The van der Waals surface area contributed by atoms with Crippen molar-refractivity contribution >= 4 is 23.3 Å². The molecule has 20 heavy (non-hydrogen) atoms. The standard InChI is InChI=1S/C15H22ClN3O/c1-10(2)11-3-6-15(20)19(8-7-11)9-13-12(16)4-5-14(17)18-13/h4-5,10-11H,3,6-9H2,1-2H3,(H2,17,18). The fourth-order valence-electron chi connectivity index (χ4n) is 2.68. The fourth-order valence-corrected chi connectivity index (χ4v) is 2.85. The summed E-state index contributed by atoms with van der Waals surface area (Å²) in [5, 5.41) is 0.566. The van der Waals surface area contributed by atoms with E-state index in [1.807, 2.05) is 4.90 Å². The van der Waals surface area contributed by atoms with Crippen LogP contribution in [0.25, 0.3) is 0 Å². The number of nitrogen functional groups attached to an aromatic ring is 1. The lowest BCUT2D eigenvalue weighted by Gasteiger charge is -2.22. The van der Waals surface area contributed by atoms with E-state index in [1.54, 1.807) is 12.1 Å². The summed E-state index contributed by atoms with van der Waals surface area (Å²) in [5.74, 6) is 1.87. The lowest BCUT2D eigenvalue weighted by molar-refractivity contribution is -0.131. The molecule has 1 fully saturated rings. The van der Waals surface area contributed by atoms with Gasteiger partial charge in [-0.05, 0) is 36.8 Å². The van der Waals surface area contributed by atoms with E-state index < -0.39 is 0 Å². The molecule has 1 aromatic heterocycles. The predicted molar refractivity (Wildman–Crippen MR) is 81.3 cm³/mol. The van der Waals surface area contributed by atoms with Crippen LogP contribution < -0.4 is 5.73 Å². The van der Waals surface area contributed by atoms with Crippen LogP contribution >= 0.6 is 11.6 Å². The fraction of sp³-hybridized carbons (Fsp3) is 0.600. The van der Waals surface area contributed by atoms with Crippen molar-refractivity contribution in [3.63, 3.8) is 0 Å². The van der Waals surface area contributed by atoms with Crippen molar-refractivity contribution in [2.24, 2.45) is 11.8 Å². The summed E-state index contributed by atoms with van der Waals surface area (Å²) in [6.45, 7) is 5.67. The van der Waals surface area contributed by atoms with Gasteiger partial charge in [0.25, 0.3) is 0 Å². The number of likely N-dealkylation sites (tertiary alicyclic amines) is 1. The topological polar surface area (TPSA) is 59.2 Å². The van der Waals surface area contributed by atoms with Crippen molar-refractivity contribution in [1.82, 2.24) is 9.88 Å². The summed E-state index contributed by atoms with van der Waals surface area (Å²) in [7, 11) is 0. The monoisotopic (exact) mass is 295 g/mol. The zero-order valence-corrected chi connectivity index (χ0v) is 12.9. The number of hydrogen-bond acceptors (Lipinski definition) is 3. The normalized spacial score (nSPS) is 20.3. The van der Waals surface area contributed by atoms with Crippen molar-refractivity contribution in [2.45, 2.75) is 39.7 Å². The van der Waals surface area contributed by atoms with E-state index in [1.165, 1.54) is 0 Å². The second-order valence-corrected chi connectivity index (χ2v) is 6.22. The van der Waals surface area contributed by atoms with Gasteiger partial charge in [-0.1, -0.05) is 25.4 Å². The van der Waals surface area contributed by atoms with Crippen LogP contribution in [-0.4, -0.2) is 22.3 Å². The summed E-state index contributed by atoms with van der Waals surface area (Å²) < 4.78 is 0. The molecule has 0 bridgehead atoms. The van der Waals surface area contributed by atoms with Gasteiger partial charge in [0.2, 0.25) is 5.91 Å². The average Bonchev–Trinajstić information content (AvgIpc) is 2.57.